The molecular weight excluding hydrogens is 372 g/mol. The molecule has 1 saturated heterocycles. The van der Waals surface area contributed by atoms with E-state index in [0.29, 0.717) is 17.5 Å². The molecule has 0 radical (unpaired) electrons. The molecule has 154 valence electrons. The molecule has 29 heavy (non-hydrogen) atoms. The molecule has 0 unspecified atom stereocenters. The van der Waals surface area contributed by atoms with Gasteiger partial charge < -0.3 is 10.1 Å². The van der Waals surface area contributed by atoms with Crippen LogP contribution in [0.5, 0.6) is 0 Å². The Hall–Kier alpha value is -2.70. The number of amides is 3. The van der Waals surface area contributed by atoms with Gasteiger partial charge in [0.15, 0.2) is 6.61 Å². The minimum atomic E-state index is -0.596. The molecular formula is C22H26N2O5. The van der Waals surface area contributed by atoms with Crippen LogP contribution in [-0.4, -0.2) is 41.7 Å². The van der Waals surface area contributed by atoms with E-state index in [1.807, 2.05) is 26.0 Å². The van der Waals surface area contributed by atoms with Gasteiger partial charge in [-0.15, -0.1) is 0 Å². The Bertz CT molecular complexity index is 852. The minimum absolute atomic E-state index is 0.0294. The van der Waals surface area contributed by atoms with Gasteiger partial charge >= 0.3 is 5.97 Å². The van der Waals surface area contributed by atoms with Crippen molar-refractivity contribution in [3.8, 4) is 0 Å². The number of anilines is 1. The zero-order valence-electron chi connectivity index (χ0n) is 16.8. The predicted octanol–water partition coefficient (Wildman–Crippen LogP) is 2.21. The summed E-state index contributed by atoms with van der Waals surface area (Å²) in [4.78, 5) is 50.5. The highest BCUT2D eigenvalue weighted by molar-refractivity contribution is 6.06. The zero-order chi connectivity index (χ0) is 20.7. The van der Waals surface area contributed by atoms with E-state index in [2.05, 4.69) is 5.32 Å². The van der Waals surface area contributed by atoms with E-state index in [0.717, 1.165) is 30.4 Å². The summed E-state index contributed by atoms with van der Waals surface area (Å²) in [6.45, 7) is 3.49. The molecule has 1 aromatic rings. The molecule has 4 rings (SSSR count). The van der Waals surface area contributed by atoms with Crippen molar-refractivity contribution in [2.24, 2.45) is 23.7 Å². The number of fused-ring (bicyclic) bond motifs is 5. The summed E-state index contributed by atoms with van der Waals surface area (Å²) in [5.74, 6) is -0.993. The van der Waals surface area contributed by atoms with E-state index in [9.17, 15) is 19.2 Å². The first-order chi connectivity index (χ1) is 13.8. The molecule has 1 aromatic carbocycles. The number of carbonyl (C=O) groups is 4. The van der Waals surface area contributed by atoms with E-state index >= 15 is 0 Å². The Kier molecular flexibility index (Phi) is 5.15. The van der Waals surface area contributed by atoms with Crippen LogP contribution in [-0.2, 0) is 23.9 Å². The average Bonchev–Trinajstić information content (AvgIpc) is 3.35. The van der Waals surface area contributed by atoms with Crippen LogP contribution >= 0.6 is 0 Å². The van der Waals surface area contributed by atoms with E-state index in [1.54, 1.807) is 6.07 Å². The number of carbonyl (C=O) groups excluding carboxylic acids is 4. The maximum Gasteiger partial charge on any atom is 0.308 e. The topological polar surface area (TPSA) is 92.8 Å². The summed E-state index contributed by atoms with van der Waals surface area (Å²) in [6.07, 6.45) is 2.94. The lowest BCUT2D eigenvalue weighted by Gasteiger charge is -2.19. The number of ether oxygens (including phenoxy) is 1. The van der Waals surface area contributed by atoms with Gasteiger partial charge in [-0.1, -0.05) is 17.7 Å². The highest BCUT2D eigenvalue weighted by Gasteiger charge is 2.60. The minimum Gasteiger partial charge on any atom is -0.456 e. The highest BCUT2D eigenvalue weighted by Crippen LogP contribution is 2.56. The lowest BCUT2D eigenvalue weighted by molar-refractivity contribution is -0.149. The number of likely N-dealkylation sites (tertiary alicyclic amines) is 1. The van der Waals surface area contributed by atoms with Crippen molar-refractivity contribution in [2.75, 3.05) is 18.5 Å². The molecule has 1 N–H and O–H groups in total. The largest absolute Gasteiger partial charge is 0.456 e. The number of nitrogens with one attached hydrogen (secondary N) is 1. The van der Waals surface area contributed by atoms with Crippen molar-refractivity contribution in [1.29, 1.82) is 0 Å². The highest BCUT2D eigenvalue weighted by atomic mass is 16.5. The molecule has 2 aliphatic carbocycles. The van der Waals surface area contributed by atoms with Gasteiger partial charge in [0.1, 0.15) is 0 Å². The van der Waals surface area contributed by atoms with Gasteiger partial charge in [-0.2, -0.15) is 0 Å². The van der Waals surface area contributed by atoms with E-state index in [4.69, 9.17) is 4.74 Å². The summed E-state index contributed by atoms with van der Waals surface area (Å²) in [5, 5.41) is 2.71. The molecule has 7 nitrogen and oxygen atoms in total. The number of rotatable bonds is 6. The smallest absolute Gasteiger partial charge is 0.308 e. The fourth-order valence-electron chi connectivity index (χ4n) is 5.25. The Morgan fingerprint density at radius 3 is 2.38 bits per heavy atom. The van der Waals surface area contributed by atoms with Crippen LogP contribution in [0.2, 0.25) is 0 Å². The fraction of sp³-hybridized carbons (Fsp3) is 0.545. The van der Waals surface area contributed by atoms with Crippen molar-refractivity contribution in [3.05, 3.63) is 29.3 Å². The predicted molar refractivity (Wildman–Crippen MR) is 105 cm³/mol. The number of hydrogen-bond donors (Lipinski definition) is 1. The van der Waals surface area contributed by atoms with Crippen LogP contribution in [0.1, 0.15) is 36.8 Å². The first-order valence-electron chi connectivity index (χ1n) is 10.2. The first-order valence-corrected chi connectivity index (χ1v) is 10.2. The van der Waals surface area contributed by atoms with E-state index in [1.165, 1.54) is 4.90 Å². The van der Waals surface area contributed by atoms with E-state index < -0.39 is 18.5 Å². The van der Waals surface area contributed by atoms with Gasteiger partial charge in [0, 0.05) is 12.2 Å². The molecule has 0 spiro atoms. The molecule has 1 heterocycles. The number of nitrogens with zero attached hydrogens (tertiary/aromatic N) is 1. The van der Waals surface area contributed by atoms with Gasteiger partial charge in [-0.3, -0.25) is 24.1 Å². The molecule has 3 aliphatic rings. The number of aryl methyl sites for hydroxylation is 2. The van der Waals surface area contributed by atoms with Crippen LogP contribution < -0.4 is 5.32 Å². The third kappa shape index (κ3) is 3.66. The van der Waals surface area contributed by atoms with Gasteiger partial charge in [0.05, 0.1) is 18.3 Å². The number of imide groups is 1. The van der Waals surface area contributed by atoms with Gasteiger partial charge in [-0.25, -0.2) is 0 Å². The monoisotopic (exact) mass is 398 g/mol. The first kappa shape index (κ1) is 19.6. The summed E-state index contributed by atoms with van der Waals surface area (Å²) >= 11 is 0. The van der Waals surface area contributed by atoms with Crippen molar-refractivity contribution in [3.63, 3.8) is 0 Å². The van der Waals surface area contributed by atoms with Crippen molar-refractivity contribution < 1.29 is 23.9 Å². The Morgan fingerprint density at radius 1 is 1.10 bits per heavy atom. The Balaban J connectivity index is 1.24. The molecule has 4 atom stereocenters. The van der Waals surface area contributed by atoms with Crippen LogP contribution in [0.15, 0.2) is 18.2 Å². The quantitative estimate of drug-likeness (QED) is 0.586. The second-order valence-corrected chi connectivity index (χ2v) is 8.49. The molecule has 0 aromatic heterocycles. The van der Waals surface area contributed by atoms with Crippen LogP contribution in [0.25, 0.3) is 0 Å². The molecule has 3 fully saturated rings. The van der Waals surface area contributed by atoms with Crippen LogP contribution in [0.3, 0.4) is 0 Å². The summed E-state index contributed by atoms with van der Waals surface area (Å²) < 4.78 is 5.02. The normalized spacial score (nSPS) is 27.3. The van der Waals surface area contributed by atoms with Gasteiger partial charge in [0.2, 0.25) is 11.8 Å². The fourth-order valence-corrected chi connectivity index (χ4v) is 5.25. The third-order valence-electron chi connectivity index (χ3n) is 6.58. The van der Waals surface area contributed by atoms with E-state index in [-0.39, 0.29) is 36.6 Å². The number of benzene rings is 1. The summed E-state index contributed by atoms with van der Waals surface area (Å²) in [5.41, 5.74) is 2.69. The lowest BCUT2D eigenvalue weighted by atomic mass is 9.81. The lowest BCUT2D eigenvalue weighted by Crippen LogP contribution is -2.35. The number of hydrogen-bond acceptors (Lipinski definition) is 5. The zero-order valence-corrected chi connectivity index (χ0v) is 16.8. The maximum absolute atomic E-state index is 12.6. The summed E-state index contributed by atoms with van der Waals surface area (Å²) in [7, 11) is 0. The standard InChI is InChI=1S/C22H26N2O5/c1-12-3-6-16(13(2)9-12)23-17(25)11-29-18(26)7-8-24-21(27)19-14-4-5-15(10-14)20(19)22(24)28/h3,6,9,14-15,19-20H,4-5,7-8,10-11H2,1-2H3,(H,23,25)/t14-,15+,19-,20-/m0/s1. The second kappa shape index (κ2) is 7.61. The molecule has 2 saturated carbocycles. The SMILES string of the molecule is Cc1ccc(NC(=O)COC(=O)CCN2C(=O)[C@H]3[C@@H]4CC[C@@H](C4)[C@@H]3C2=O)c(C)c1. The number of esters is 1. The molecule has 1 aliphatic heterocycles. The Labute approximate surface area is 169 Å². The van der Waals surface area contributed by atoms with Crippen LogP contribution in [0, 0.1) is 37.5 Å². The molecule has 7 heteroatoms. The average molecular weight is 398 g/mol. The molecule has 3 amide bonds. The van der Waals surface area contributed by atoms with Gasteiger partial charge in [-0.05, 0) is 56.6 Å². The second-order valence-electron chi connectivity index (χ2n) is 8.49. The Morgan fingerprint density at radius 2 is 1.76 bits per heavy atom. The van der Waals surface area contributed by atoms with Gasteiger partial charge in [0.25, 0.3) is 5.91 Å². The third-order valence-corrected chi connectivity index (χ3v) is 6.58. The van der Waals surface area contributed by atoms with Crippen molar-refractivity contribution in [2.45, 2.75) is 39.5 Å². The van der Waals surface area contributed by atoms with Crippen LogP contribution in [0.4, 0.5) is 5.69 Å². The van der Waals surface area contributed by atoms with Crippen molar-refractivity contribution in [1.82, 2.24) is 4.90 Å². The van der Waals surface area contributed by atoms with Crippen molar-refractivity contribution >= 4 is 29.4 Å². The molecule has 2 bridgehead atoms. The maximum atomic E-state index is 12.6. The summed E-state index contributed by atoms with van der Waals surface area (Å²) in [6, 6.07) is 5.65.